The number of nitrogens with zero attached hydrogens (tertiary/aromatic N) is 1. The van der Waals surface area contributed by atoms with E-state index in [0.717, 1.165) is 5.56 Å². The minimum atomic E-state index is -0.373. The van der Waals surface area contributed by atoms with Crippen molar-refractivity contribution in [2.75, 3.05) is 30.8 Å². The number of hydrogen-bond acceptors (Lipinski definition) is 4. The van der Waals surface area contributed by atoms with Crippen LogP contribution in [-0.2, 0) is 16.2 Å². The molecule has 3 rings (SSSR count). The molecule has 0 spiro atoms. The smallest absolute Gasteiger partial charge is 0.238 e. The number of carbonyl (C=O) groups excluding carboxylic acids is 2. The summed E-state index contributed by atoms with van der Waals surface area (Å²) < 4.78 is 18.6. The van der Waals surface area contributed by atoms with E-state index >= 15 is 0 Å². The number of nitrogens with one attached hydrogen (secondary N) is 2. The fourth-order valence-corrected chi connectivity index (χ4v) is 2.86. The lowest BCUT2D eigenvalue weighted by molar-refractivity contribution is -0.119. The van der Waals surface area contributed by atoms with Crippen LogP contribution in [0.1, 0.15) is 5.56 Å². The number of halogens is 1. The van der Waals surface area contributed by atoms with Gasteiger partial charge in [-0.3, -0.25) is 14.5 Å². The van der Waals surface area contributed by atoms with Crippen LogP contribution in [0, 0.1) is 5.82 Å². The van der Waals surface area contributed by atoms with Crippen molar-refractivity contribution >= 4 is 23.2 Å². The average molecular weight is 421 g/mol. The Bertz CT molecular complexity index is 993. The summed E-state index contributed by atoms with van der Waals surface area (Å²) in [6, 6.07) is 22.5. The van der Waals surface area contributed by atoms with Crippen molar-refractivity contribution in [2.24, 2.45) is 0 Å². The van der Waals surface area contributed by atoms with Gasteiger partial charge in [-0.1, -0.05) is 30.3 Å². The van der Waals surface area contributed by atoms with Gasteiger partial charge < -0.3 is 15.4 Å². The Balaban J connectivity index is 1.41. The van der Waals surface area contributed by atoms with Crippen molar-refractivity contribution < 1.29 is 18.7 Å². The van der Waals surface area contributed by atoms with Crippen LogP contribution < -0.4 is 15.4 Å². The number of anilines is 2. The molecule has 0 aliphatic rings. The van der Waals surface area contributed by atoms with Gasteiger partial charge in [0.25, 0.3) is 0 Å². The first-order valence-electron chi connectivity index (χ1n) is 9.78. The van der Waals surface area contributed by atoms with Crippen molar-refractivity contribution in [1.29, 1.82) is 0 Å². The van der Waals surface area contributed by atoms with Crippen molar-refractivity contribution in [3.8, 4) is 5.75 Å². The third-order valence-corrected chi connectivity index (χ3v) is 4.34. The van der Waals surface area contributed by atoms with E-state index < -0.39 is 0 Å². The van der Waals surface area contributed by atoms with E-state index in [4.69, 9.17) is 4.74 Å². The molecular formula is C24H24FN3O3. The Morgan fingerprint density at radius 3 is 1.87 bits per heavy atom. The minimum absolute atomic E-state index is 0.0249. The number of ether oxygens (including phenoxy) is 1. The maximum absolute atomic E-state index is 12.9. The van der Waals surface area contributed by atoms with E-state index in [9.17, 15) is 14.0 Å². The maximum Gasteiger partial charge on any atom is 0.238 e. The zero-order chi connectivity index (χ0) is 22.1. The van der Waals surface area contributed by atoms with Gasteiger partial charge in [0.05, 0.1) is 13.1 Å². The summed E-state index contributed by atoms with van der Waals surface area (Å²) in [4.78, 5) is 25.9. The zero-order valence-electron chi connectivity index (χ0n) is 17.2. The van der Waals surface area contributed by atoms with Gasteiger partial charge in [-0.2, -0.15) is 0 Å². The summed E-state index contributed by atoms with van der Waals surface area (Å²) in [5.74, 6) is -0.198. The third-order valence-electron chi connectivity index (χ3n) is 4.34. The Kier molecular flexibility index (Phi) is 7.73. The van der Waals surface area contributed by atoms with Crippen LogP contribution in [0.3, 0.4) is 0 Å². The fourth-order valence-electron chi connectivity index (χ4n) is 2.86. The molecule has 7 heteroatoms. The molecule has 0 saturated heterocycles. The van der Waals surface area contributed by atoms with E-state index in [1.54, 1.807) is 36.2 Å². The highest BCUT2D eigenvalue weighted by Gasteiger charge is 2.11. The van der Waals surface area contributed by atoms with Gasteiger partial charge in [-0.05, 0) is 61.1 Å². The molecule has 0 fully saturated rings. The average Bonchev–Trinajstić information content (AvgIpc) is 2.75. The largest absolute Gasteiger partial charge is 0.489 e. The van der Waals surface area contributed by atoms with Gasteiger partial charge in [-0.15, -0.1) is 0 Å². The predicted molar refractivity (Wildman–Crippen MR) is 118 cm³/mol. The first-order chi connectivity index (χ1) is 15.0. The molecule has 0 atom stereocenters. The van der Waals surface area contributed by atoms with Gasteiger partial charge in [0, 0.05) is 11.4 Å². The molecule has 0 aliphatic carbocycles. The summed E-state index contributed by atoms with van der Waals surface area (Å²) in [6.07, 6.45) is 0. The standard InChI is InChI=1S/C24H24FN3O3/c1-28(15-23(29)26-20-9-7-19(25)8-10-20)16-24(30)27-21-11-13-22(14-12-21)31-17-18-5-3-2-4-6-18/h2-14H,15-17H2,1H3,(H,26,29)(H,27,30). The SMILES string of the molecule is CN(CC(=O)Nc1ccc(F)cc1)CC(=O)Nc1ccc(OCc2ccccc2)cc1. The molecule has 0 aromatic heterocycles. The molecule has 0 bridgehead atoms. The summed E-state index contributed by atoms with van der Waals surface area (Å²) in [6.45, 7) is 0.539. The number of amides is 2. The van der Waals surface area contributed by atoms with Crippen LogP contribution in [0.15, 0.2) is 78.9 Å². The molecule has 2 N–H and O–H groups in total. The molecule has 6 nitrogen and oxygen atoms in total. The van der Waals surface area contributed by atoms with Crippen molar-refractivity contribution in [3.63, 3.8) is 0 Å². The second kappa shape index (κ2) is 10.9. The normalized spacial score (nSPS) is 10.5. The molecule has 160 valence electrons. The molecule has 0 unspecified atom stereocenters. The van der Waals surface area contributed by atoms with Gasteiger partial charge in [0.15, 0.2) is 0 Å². The van der Waals surface area contributed by atoms with Gasteiger partial charge in [0.2, 0.25) is 11.8 Å². The lowest BCUT2D eigenvalue weighted by atomic mass is 10.2. The van der Waals surface area contributed by atoms with E-state index in [0.29, 0.717) is 23.7 Å². The predicted octanol–water partition coefficient (Wildman–Crippen LogP) is 3.91. The Hall–Kier alpha value is -3.71. The van der Waals surface area contributed by atoms with Crippen LogP contribution in [0.25, 0.3) is 0 Å². The second-order valence-corrected chi connectivity index (χ2v) is 7.07. The number of likely N-dealkylation sites (N-methyl/N-ethyl adjacent to an activating group) is 1. The molecule has 0 saturated carbocycles. The van der Waals surface area contributed by atoms with Crippen molar-refractivity contribution in [2.45, 2.75) is 6.61 Å². The molecule has 0 heterocycles. The highest BCUT2D eigenvalue weighted by Crippen LogP contribution is 2.17. The Morgan fingerprint density at radius 2 is 1.32 bits per heavy atom. The van der Waals surface area contributed by atoms with E-state index in [1.807, 2.05) is 30.3 Å². The van der Waals surface area contributed by atoms with Crippen LogP contribution >= 0.6 is 0 Å². The zero-order valence-corrected chi connectivity index (χ0v) is 17.2. The van der Waals surface area contributed by atoms with Gasteiger partial charge in [0.1, 0.15) is 18.2 Å². The maximum atomic E-state index is 12.9. The van der Waals surface area contributed by atoms with Crippen LogP contribution in [-0.4, -0.2) is 36.9 Å². The number of carbonyl (C=O) groups is 2. The minimum Gasteiger partial charge on any atom is -0.489 e. The lowest BCUT2D eigenvalue weighted by Crippen LogP contribution is -2.36. The third kappa shape index (κ3) is 7.56. The van der Waals surface area contributed by atoms with Gasteiger partial charge >= 0.3 is 0 Å². The first-order valence-corrected chi connectivity index (χ1v) is 9.78. The monoisotopic (exact) mass is 421 g/mol. The molecule has 31 heavy (non-hydrogen) atoms. The highest BCUT2D eigenvalue weighted by molar-refractivity contribution is 5.94. The van der Waals surface area contributed by atoms with Crippen LogP contribution in [0.5, 0.6) is 5.75 Å². The second-order valence-electron chi connectivity index (χ2n) is 7.07. The van der Waals surface area contributed by atoms with E-state index in [-0.39, 0.29) is 30.7 Å². The quantitative estimate of drug-likeness (QED) is 0.550. The van der Waals surface area contributed by atoms with Crippen molar-refractivity contribution in [1.82, 2.24) is 4.90 Å². The molecular weight excluding hydrogens is 397 g/mol. The number of rotatable bonds is 9. The van der Waals surface area contributed by atoms with Gasteiger partial charge in [-0.25, -0.2) is 4.39 Å². The van der Waals surface area contributed by atoms with E-state index in [1.165, 1.54) is 24.3 Å². The number of benzene rings is 3. The highest BCUT2D eigenvalue weighted by atomic mass is 19.1. The Labute approximate surface area is 180 Å². The fraction of sp³-hybridized carbons (Fsp3) is 0.167. The van der Waals surface area contributed by atoms with Crippen LogP contribution in [0.2, 0.25) is 0 Å². The molecule has 2 amide bonds. The number of hydrogen-bond donors (Lipinski definition) is 2. The van der Waals surface area contributed by atoms with Crippen molar-refractivity contribution in [3.05, 3.63) is 90.2 Å². The summed E-state index contributed by atoms with van der Waals surface area (Å²) in [5, 5.41) is 5.45. The summed E-state index contributed by atoms with van der Waals surface area (Å²) in [5.41, 5.74) is 2.21. The summed E-state index contributed by atoms with van der Waals surface area (Å²) in [7, 11) is 1.67. The Morgan fingerprint density at radius 1 is 0.806 bits per heavy atom. The molecule has 0 aliphatic heterocycles. The summed E-state index contributed by atoms with van der Waals surface area (Å²) >= 11 is 0. The van der Waals surface area contributed by atoms with E-state index in [2.05, 4.69) is 10.6 Å². The first kappa shape index (κ1) is 22.0. The lowest BCUT2D eigenvalue weighted by Gasteiger charge is -2.16. The molecule has 0 radical (unpaired) electrons. The topological polar surface area (TPSA) is 70.7 Å². The van der Waals surface area contributed by atoms with Crippen LogP contribution in [0.4, 0.5) is 15.8 Å². The molecule has 3 aromatic carbocycles. The molecule has 3 aromatic rings.